The van der Waals surface area contributed by atoms with Crippen LogP contribution in [0.3, 0.4) is 0 Å². The van der Waals surface area contributed by atoms with Crippen molar-refractivity contribution in [1.29, 1.82) is 5.26 Å². The Hall–Kier alpha value is -1.52. The maximum absolute atomic E-state index is 9.81. The first-order valence-electron chi connectivity index (χ1n) is 5.15. The van der Waals surface area contributed by atoms with Gasteiger partial charge >= 0.3 is 0 Å². The summed E-state index contributed by atoms with van der Waals surface area (Å²) in [6, 6.07) is 3.47. The van der Waals surface area contributed by atoms with Gasteiger partial charge in [0.2, 0.25) is 0 Å². The molecular formula is C11H12N2O4. The molecule has 1 aromatic heterocycles. The smallest absolute Gasteiger partial charge is 0.114 e. The molecule has 17 heavy (non-hydrogen) atoms. The lowest BCUT2D eigenvalue weighted by molar-refractivity contribution is -0.0229. The fraction of sp³-hybridized carbons (Fsp3) is 0.455. The van der Waals surface area contributed by atoms with Gasteiger partial charge in [-0.05, 0) is 6.07 Å². The van der Waals surface area contributed by atoms with Gasteiger partial charge in [0.25, 0.3) is 0 Å². The summed E-state index contributed by atoms with van der Waals surface area (Å²) in [5, 5.41) is 37.3. The van der Waals surface area contributed by atoms with Crippen molar-refractivity contribution in [1.82, 2.24) is 4.98 Å². The zero-order valence-corrected chi connectivity index (χ0v) is 8.89. The van der Waals surface area contributed by atoms with Crippen molar-refractivity contribution in [2.75, 3.05) is 6.61 Å². The van der Waals surface area contributed by atoms with Gasteiger partial charge in [0, 0.05) is 18.0 Å². The molecule has 1 aliphatic heterocycles. The highest BCUT2D eigenvalue weighted by molar-refractivity contribution is 5.37. The minimum absolute atomic E-state index is 0.329. The lowest BCUT2D eigenvalue weighted by Crippen LogP contribution is -2.32. The van der Waals surface area contributed by atoms with E-state index in [1.165, 1.54) is 18.5 Å². The van der Waals surface area contributed by atoms with Gasteiger partial charge in [-0.25, -0.2) is 0 Å². The second-order valence-electron chi connectivity index (χ2n) is 3.83. The average Bonchev–Trinajstić information content (AvgIpc) is 2.66. The normalized spacial score (nSPS) is 32.4. The van der Waals surface area contributed by atoms with Crippen molar-refractivity contribution in [3.05, 3.63) is 29.6 Å². The van der Waals surface area contributed by atoms with Crippen LogP contribution in [0.1, 0.15) is 17.2 Å². The van der Waals surface area contributed by atoms with Crippen molar-refractivity contribution in [3.8, 4) is 6.07 Å². The highest BCUT2D eigenvalue weighted by Crippen LogP contribution is 2.34. The maximum atomic E-state index is 9.81. The summed E-state index contributed by atoms with van der Waals surface area (Å²) in [4.78, 5) is 3.86. The molecule has 0 amide bonds. The first-order valence-corrected chi connectivity index (χ1v) is 5.15. The minimum Gasteiger partial charge on any atom is -0.394 e. The van der Waals surface area contributed by atoms with Crippen LogP contribution in [0.15, 0.2) is 18.5 Å². The summed E-state index contributed by atoms with van der Waals surface area (Å²) in [6.07, 6.45) is -1.16. The summed E-state index contributed by atoms with van der Waals surface area (Å²) in [6.45, 7) is -0.392. The molecule has 0 unspecified atom stereocenters. The third-order valence-electron chi connectivity index (χ3n) is 2.82. The van der Waals surface area contributed by atoms with Crippen LogP contribution >= 0.6 is 0 Å². The quantitative estimate of drug-likeness (QED) is 0.614. The summed E-state index contributed by atoms with van der Waals surface area (Å²) in [7, 11) is 0. The fourth-order valence-electron chi connectivity index (χ4n) is 1.89. The maximum Gasteiger partial charge on any atom is 0.114 e. The number of hydrogen-bond acceptors (Lipinski definition) is 6. The molecule has 3 N–H and O–H groups in total. The van der Waals surface area contributed by atoms with E-state index >= 15 is 0 Å². The van der Waals surface area contributed by atoms with Crippen molar-refractivity contribution in [2.24, 2.45) is 0 Å². The van der Waals surface area contributed by atoms with E-state index in [1.54, 1.807) is 0 Å². The van der Waals surface area contributed by atoms with E-state index in [2.05, 4.69) is 4.98 Å². The topological polar surface area (TPSA) is 107 Å². The number of rotatable bonds is 2. The first kappa shape index (κ1) is 12.0. The van der Waals surface area contributed by atoms with Crippen LogP contribution in [-0.4, -0.2) is 45.2 Å². The molecule has 2 heterocycles. The Balaban J connectivity index is 2.32. The molecule has 0 radical (unpaired) electrons. The Morgan fingerprint density at radius 2 is 2.18 bits per heavy atom. The van der Waals surface area contributed by atoms with Crippen molar-refractivity contribution >= 4 is 0 Å². The molecule has 0 aromatic carbocycles. The standard InChI is InChI=1S/C11H12N2O4/c12-3-6-1-2-13-4-7(6)11-10(16)9(15)8(5-14)17-11/h1-2,4,8-11,14-16H,5H2/t8-,9-,10-,11+/m1/s1. The van der Waals surface area contributed by atoms with Gasteiger partial charge < -0.3 is 20.1 Å². The Kier molecular flexibility index (Phi) is 3.36. The first-order chi connectivity index (χ1) is 8.19. The van der Waals surface area contributed by atoms with E-state index in [0.29, 0.717) is 11.1 Å². The number of aromatic nitrogens is 1. The van der Waals surface area contributed by atoms with Crippen molar-refractivity contribution < 1.29 is 20.1 Å². The van der Waals surface area contributed by atoms with E-state index in [0.717, 1.165) is 0 Å². The highest BCUT2D eigenvalue weighted by Gasteiger charge is 2.43. The number of aliphatic hydroxyl groups excluding tert-OH is 3. The van der Waals surface area contributed by atoms with Crippen molar-refractivity contribution in [3.63, 3.8) is 0 Å². The van der Waals surface area contributed by atoms with E-state index in [-0.39, 0.29) is 0 Å². The molecular weight excluding hydrogens is 224 g/mol. The van der Waals surface area contributed by atoms with Crippen LogP contribution in [0.5, 0.6) is 0 Å². The second-order valence-corrected chi connectivity index (χ2v) is 3.83. The third kappa shape index (κ3) is 2.01. The van der Waals surface area contributed by atoms with Crippen LogP contribution in [0.4, 0.5) is 0 Å². The molecule has 90 valence electrons. The van der Waals surface area contributed by atoms with Gasteiger partial charge in [-0.1, -0.05) is 0 Å². The molecule has 1 aromatic rings. The zero-order chi connectivity index (χ0) is 12.4. The fourth-order valence-corrected chi connectivity index (χ4v) is 1.89. The van der Waals surface area contributed by atoms with Gasteiger partial charge in [0.05, 0.1) is 18.2 Å². The molecule has 0 bridgehead atoms. The largest absolute Gasteiger partial charge is 0.394 e. The Labute approximate surface area is 97.7 Å². The number of pyridine rings is 1. The van der Waals surface area contributed by atoms with Crippen LogP contribution < -0.4 is 0 Å². The number of nitrogens with zero attached hydrogens (tertiary/aromatic N) is 2. The van der Waals surface area contributed by atoms with Gasteiger partial charge in [-0.2, -0.15) is 5.26 Å². The summed E-state index contributed by atoms with van der Waals surface area (Å²) < 4.78 is 5.32. The molecule has 1 saturated heterocycles. The highest BCUT2D eigenvalue weighted by atomic mass is 16.6. The predicted octanol–water partition coefficient (Wildman–Crippen LogP) is -0.893. The summed E-state index contributed by atoms with van der Waals surface area (Å²) in [5.41, 5.74) is 0.743. The monoisotopic (exact) mass is 236 g/mol. The predicted molar refractivity (Wildman–Crippen MR) is 55.7 cm³/mol. The molecule has 1 aliphatic rings. The van der Waals surface area contributed by atoms with Gasteiger partial charge in [0.1, 0.15) is 24.4 Å². The van der Waals surface area contributed by atoms with E-state index in [9.17, 15) is 10.2 Å². The summed E-state index contributed by atoms with van der Waals surface area (Å²) in [5.74, 6) is 0. The number of ether oxygens (including phenoxy) is 1. The van der Waals surface area contributed by atoms with E-state index in [4.69, 9.17) is 15.1 Å². The molecule has 2 rings (SSSR count). The molecule has 1 fully saturated rings. The van der Waals surface area contributed by atoms with Crippen LogP contribution in [0, 0.1) is 11.3 Å². The molecule has 6 nitrogen and oxygen atoms in total. The van der Waals surface area contributed by atoms with Gasteiger partial charge in [-0.15, -0.1) is 0 Å². The Morgan fingerprint density at radius 3 is 2.76 bits per heavy atom. The van der Waals surface area contributed by atoms with Gasteiger partial charge in [0.15, 0.2) is 0 Å². The molecule has 6 heteroatoms. The SMILES string of the molecule is N#Cc1ccncc1[C@@H]1O[C@H](CO)[C@@H](O)[C@H]1O. The molecule has 4 atom stereocenters. The van der Waals surface area contributed by atoms with E-state index in [1.807, 2.05) is 6.07 Å². The lowest BCUT2D eigenvalue weighted by atomic mass is 9.99. The third-order valence-corrected chi connectivity index (χ3v) is 2.82. The second kappa shape index (κ2) is 4.77. The Morgan fingerprint density at radius 1 is 1.41 bits per heavy atom. The van der Waals surface area contributed by atoms with E-state index < -0.39 is 31.0 Å². The summed E-state index contributed by atoms with van der Waals surface area (Å²) >= 11 is 0. The number of nitriles is 1. The minimum atomic E-state index is -1.18. The molecule has 0 spiro atoms. The van der Waals surface area contributed by atoms with Gasteiger partial charge in [-0.3, -0.25) is 4.98 Å². The number of hydrogen-bond donors (Lipinski definition) is 3. The zero-order valence-electron chi connectivity index (χ0n) is 8.89. The van der Waals surface area contributed by atoms with Crippen LogP contribution in [0.2, 0.25) is 0 Å². The lowest BCUT2D eigenvalue weighted by Gasteiger charge is -2.15. The van der Waals surface area contributed by atoms with Crippen LogP contribution in [0.25, 0.3) is 0 Å². The molecule has 0 saturated carbocycles. The average molecular weight is 236 g/mol. The molecule has 0 aliphatic carbocycles. The van der Waals surface area contributed by atoms with Crippen LogP contribution in [-0.2, 0) is 4.74 Å². The Bertz CT molecular complexity index is 445. The van der Waals surface area contributed by atoms with Crippen molar-refractivity contribution in [2.45, 2.75) is 24.4 Å². The number of aliphatic hydroxyl groups is 3.